The molecule has 1 saturated carbocycles. The molecule has 3 aromatic carbocycles. The van der Waals surface area contributed by atoms with Crippen molar-refractivity contribution in [1.29, 1.82) is 0 Å². The Balaban J connectivity index is 1.11. The van der Waals surface area contributed by atoms with Gasteiger partial charge in [-0.05, 0) is 104 Å². The number of halogens is 4. The quantitative estimate of drug-likeness (QED) is 0.0646. The van der Waals surface area contributed by atoms with Crippen molar-refractivity contribution in [2.24, 2.45) is 11.8 Å². The standard InChI is InChI=1S/C42H43Cl2F2N3O8/c1-53-31-7-3-5-29(17-31)39(41(51)56-38-23-48-14-12-27(38)13-15-48)47-20-26-4-2-6-30(16-26)40(50)55-36(19-32-33(43)21-49(52)22-34(32)44)28-10-11-35(57-42(45)46)37(18-28)54-24-25-8-9-25/h2-7,10-11,16-18,21-22,25,27,36,38-39,42,47H,8-9,12-15,19-20,23-24H2,1H3/t36?,38-,39?/m0/s1. The fourth-order valence-corrected chi connectivity index (χ4v) is 7.91. The Morgan fingerprint density at radius 3 is 2.39 bits per heavy atom. The average molecular weight is 827 g/mol. The fraction of sp³-hybridized carbons (Fsp3) is 0.405. The van der Waals surface area contributed by atoms with Crippen molar-refractivity contribution in [3.63, 3.8) is 0 Å². The number of methoxy groups -OCH3 is 1. The van der Waals surface area contributed by atoms with Crippen LogP contribution < -0.4 is 24.3 Å². The van der Waals surface area contributed by atoms with Crippen LogP contribution in [0.25, 0.3) is 0 Å². The highest BCUT2D eigenvalue weighted by atomic mass is 35.5. The molecule has 3 saturated heterocycles. The van der Waals surface area contributed by atoms with Crippen LogP contribution in [0.15, 0.2) is 79.1 Å². The summed E-state index contributed by atoms with van der Waals surface area (Å²) in [5.74, 6) is 0.0362. The van der Waals surface area contributed by atoms with E-state index in [1.54, 1.807) is 37.4 Å². The second-order valence-corrected chi connectivity index (χ2v) is 15.4. The predicted molar refractivity (Wildman–Crippen MR) is 207 cm³/mol. The number of nitrogens with zero attached hydrogens (tertiary/aromatic N) is 2. The Morgan fingerprint density at radius 2 is 1.70 bits per heavy atom. The molecule has 3 aliphatic heterocycles. The minimum Gasteiger partial charge on any atom is -0.619 e. The van der Waals surface area contributed by atoms with Gasteiger partial charge in [-0.1, -0.05) is 53.5 Å². The zero-order chi connectivity index (χ0) is 40.1. The van der Waals surface area contributed by atoms with Crippen LogP contribution in [0, 0.1) is 17.0 Å². The van der Waals surface area contributed by atoms with Crippen molar-refractivity contribution in [1.82, 2.24) is 10.2 Å². The number of carbonyl (C=O) groups excluding carboxylic acids is 2. The summed E-state index contributed by atoms with van der Waals surface area (Å²) in [6, 6.07) is 17.5. The van der Waals surface area contributed by atoms with Crippen LogP contribution >= 0.6 is 23.2 Å². The van der Waals surface area contributed by atoms with Gasteiger partial charge >= 0.3 is 18.6 Å². The number of carbonyl (C=O) groups is 2. The minimum absolute atomic E-state index is 0.0482. The van der Waals surface area contributed by atoms with Gasteiger partial charge in [0.1, 0.15) is 34.0 Å². The first kappa shape index (κ1) is 40.5. The molecule has 1 aliphatic carbocycles. The summed E-state index contributed by atoms with van der Waals surface area (Å²) in [5.41, 5.74) is 2.29. The Hall–Kier alpha value is -4.69. The zero-order valence-electron chi connectivity index (χ0n) is 31.2. The van der Waals surface area contributed by atoms with Crippen LogP contribution in [0.1, 0.15) is 70.4 Å². The summed E-state index contributed by atoms with van der Waals surface area (Å²) in [6.07, 6.45) is 4.89. The predicted octanol–water partition coefficient (Wildman–Crippen LogP) is 7.63. The molecule has 3 atom stereocenters. The normalized spacial score (nSPS) is 19.8. The monoisotopic (exact) mass is 825 g/mol. The van der Waals surface area contributed by atoms with E-state index in [1.807, 2.05) is 18.2 Å². The van der Waals surface area contributed by atoms with Crippen molar-refractivity contribution in [2.45, 2.75) is 63.5 Å². The van der Waals surface area contributed by atoms with Crippen molar-refractivity contribution in [3.8, 4) is 17.2 Å². The number of hydrogen-bond donors (Lipinski definition) is 1. The lowest BCUT2D eigenvalue weighted by Gasteiger charge is -2.44. The average Bonchev–Trinajstić information content (AvgIpc) is 4.04. The second-order valence-electron chi connectivity index (χ2n) is 14.6. The lowest BCUT2D eigenvalue weighted by atomic mass is 9.86. The molecule has 4 aromatic rings. The SMILES string of the molecule is COc1cccc(C(NCc2cccc(C(=O)OC(Cc3c(Cl)c[n+]([O-])cc3Cl)c3ccc(OC(F)F)c(OCC4CC4)c3)c2)C(=O)O[C@H]2CN3CCC2CC3)c1. The van der Waals surface area contributed by atoms with E-state index in [0.29, 0.717) is 51.2 Å². The number of pyridine rings is 1. The van der Waals surface area contributed by atoms with Crippen molar-refractivity contribution in [3.05, 3.63) is 122 Å². The summed E-state index contributed by atoms with van der Waals surface area (Å²) in [6.45, 7) is 0.170. The molecule has 2 unspecified atom stereocenters. The van der Waals surface area contributed by atoms with E-state index in [2.05, 4.69) is 10.2 Å². The third kappa shape index (κ3) is 10.4. The molecule has 4 aliphatic rings. The maximum Gasteiger partial charge on any atom is 0.387 e. The number of hydrogen-bond acceptors (Lipinski definition) is 10. The van der Waals surface area contributed by atoms with E-state index in [1.165, 1.54) is 18.2 Å². The molecule has 302 valence electrons. The van der Waals surface area contributed by atoms with Crippen LogP contribution in [0.3, 0.4) is 0 Å². The highest BCUT2D eigenvalue weighted by molar-refractivity contribution is 6.35. The third-order valence-electron chi connectivity index (χ3n) is 10.6. The molecular formula is C42H43Cl2F2N3O8. The first-order chi connectivity index (χ1) is 27.5. The minimum atomic E-state index is -3.09. The second kappa shape index (κ2) is 18.3. The van der Waals surface area contributed by atoms with Crippen LogP contribution in [-0.2, 0) is 27.2 Å². The van der Waals surface area contributed by atoms with Gasteiger partial charge in [-0.25, -0.2) is 9.59 Å². The molecular weight excluding hydrogens is 783 g/mol. The summed E-state index contributed by atoms with van der Waals surface area (Å²) in [5, 5.41) is 15.4. The third-order valence-corrected chi connectivity index (χ3v) is 11.3. The molecule has 2 bridgehead atoms. The molecule has 0 radical (unpaired) electrons. The lowest BCUT2D eigenvalue weighted by molar-refractivity contribution is -0.605. The van der Waals surface area contributed by atoms with Gasteiger partial charge in [-0.15, -0.1) is 0 Å². The molecule has 4 heterocycles. The largest absolute Gasteiger partial charge is 0.619 e. The van der Waals surface area contributed by atoms with Gasteiger partial charge in [0, 0.05) is 25.1 Å². The van der Waals surface area contributed by atoms with Gasteiger partial charge in [0.15, 0.2) is 23.9 Å². The first-order valence-electron chi connectivity index (χ1n) is 18.9. The molecule has 15 heteroatoms. The van der Waals surface area contributed by atoms with Gasteiger partial charge in [0.2, 0.25) is 0 Å². The summed E-state index contributed by atoms with van der Waals surface area (Å²) >= 11 is 12.9. The maximum atomic E-state index is 13.9. The zero-order valence-corrected chi connectivity index (χ0v) is 32.7. The smallest absolute Gasteiger partial charge is 0.387 e. The molecule has 0 spiro atoms. The lowest BCUT2D eigenvalue weighted by Crippen LogP contribution is -2.52. The van der Waals surface area contributed by atoms with E-state index >= 15 is 0 Å². The number of ether oxygens (including phenoxy) is 5. The highest BCUT2D eigenvalue weighted by Gasteiger charge is 2.38. The molecule has 11 nitrogen and oxygen atoms in total. The topological polar surface area (TPSA) is 122 Å². The molecule has 57 heavy (non-hydrogen) atoms. The number of piperidine rings is 3. The van der Waals surface area contributed by atoms with Gasteiger partial charge < -0.3 is 28.9 Å². The van der Waals surface area contributed by atoms with Gasteiger partial charge in [-0.2, -0.15) is 13.5 Å². The summed E-state index contributed by atoms with van der Waals surface area (Å²) in [4.78, 5) is 30.1. The molecule has 1 aromatic heterocycles. The van der Waals surface area contributed by atoms with Gasteiger partial charge in [0.25, 0.3) is 0 Å². The van der Waals surface area contributed by atoms with Crippen molar-refractivity contribution >= 4 is 35.1 Å². The number of nitrogens with one attached hydrogen (secondary N) is 1. The Bertz CT molecular complexity index is 2040. The molecule has 1 N–H and O–H groups in total. The van der Waals surface area contributed by atoms with E-state index < -0.39 is 30.7 Å². The van der Waals surface area contributed by atoms with E-state index in [0.717, 1.165) is 57.7 Å². The highest BCUT2D eigenvalue weighted by Crippen LogP contribution is 2.38. The van der Waals surface area contributed by atoms with Gasteiger partial charge in [0.05, 0.1) is 19.3 Å². The number of esters is 2. The molecule has 8 rings (SSSR count). The first-order valence-corrected chi connectivity index (χ1v) is 19.7. The Morgan fingerprint density at radius 1 is 0.947 bits per heavy atom. The number of benzene rings is 3. The number of aromatic nitrogens is 1. The summed E-state index contributed by atoms with van der Waals surface area (Å²) in [7, 11) is 1.56. The van der Waals surface area contributed by atoms with E-state index in [-0.39, 0.29) is 46.2 Å². The number of alkyl halides is 2. The van der Waals surface area contributed by atoms with Crippen molar-refractivity contribution < 1.29 is 46.8 Å². The van der Waals surface area contributed by atoms with Gasteiger partial charge in [-0.3, -0.25) is 10.2 Å². The van der Waals surface area contributed by atoms with Crippen molar-refractivity contribution in [2.75, 3.05) is 33.4 Å². The molecule has 0 amide bonds. The van der Waals surface area contributed by atoms with Crippen LogP contribution in [0.2, 0.25) is 10.0 Å². The number of rotatable bonds is 17. The summed E-state index contributed by atoms with van der Waals surface area (Å²) < 4.78 is 55.4. The van der Waals surface area contributed by atoms with E-state index in [4.69, 9.17) is 46.9 Å². The number of fused-ring (bicyclic) bond motifs is 3. The maximum absolute atomic E-state index is 13.9. The van der Waals surface area contributed by atoms with Crippen LogP contribution in [0.5, 0.6) is 17.2 Å². The Labute approximate surface area is 339 Å². The van der Waals surface area contributed by atoms with E-state index in [9.17, 15) is 23.6 Å². The molecule has 4 fully saturated rings. The fourth-order valence-electron chi connectivity index (χ4n) is 7.31. The Kier molecular flexibility index (Phi) is 13.0. The van der Waals surface area contributed by atoms with Crippen LogP contribution in [-0.4, -0.2) is 62.9 Å². The van der Waals surface area contributed by atoms with Crippen LogP contribution in [0.4, 0.5) is 8.78 Å².